The number of nitrogens with two attached hydrogens (primary N) is 1. The van der Waals surface area contributed by atoms with Crippen molar-refractivity contribution in [3.8, 4) is 5.75 Å². The van der Waals surface area contributed by atoms with Crippen molar-refractivity contribution in [1.82, 2.24) is 0 Å². The van der Waals surface area contributed by atoms with Gasteiger partial charge in [0.05, 0.1) is 19.3 Å². The number of hydrogen-bond donors (Lipinski definition) is 2. The molecule has 1 aliphatic carbocycles. The lowest BCUT2D eigenvalue weighted by molar-refractivity contribution is 0.0832. The highest BCUT2D eigenvalue weighted by Crippen LogP contribution is 2.33. The van der Waals surface area contributed by atoms with Crippen molar-refractivity contribution in [1.29, 1.82) is 0 Å². The van der Waals surface area contributed by atoms with Gasteiger partial charge in [-0.2, -0.15) is 0 Å². The van der Waals surface area contributed by atoms with E-state index in [1.807, 2.05) is 0 Å². The Morgan fingerprint density at radius 1 is 1.39 bits per heavy atom. The maximum Gasteiger partial charge on any atom is 0.128 e. The summed E-state index contributed by atoms with van der Waals surface area (Å²) in [6, 6.07) is 3.75. The number of hydrogen-bond acceptors (Lipinski definition) is 3. The Labute approximate surface area is 107 Å². The number of ether oxygens (including phenoxy) is 1. The topological polar surface area (TPSA) is 55.5 Å². The summed E-state index contributed by atoms with van der Waals surface area (Å²) in [6.07, 6.45) is 3.50. The molecule has 3 nitrogen and oxygen atoms in total. The summed E-state index contributed by atoms with van der Waals surface area (Å²) in [6.45, 7) is 0. The second-order valence-corrected chi connectivity index (χ2v) is 4.95. The Morgan fingerprint density at radius 3 is 2.67 bits per heavy atom. The summed E-state index contributed by atoms with van der Waals surface area (Å²) in [5.41, 5.74) is 6.32. The molecule has 1 aromatic rings. The highest BCUT2D eigenvalue weighted by atomic mass is 19.1. The third-order valence-electron chi connectivity index (χ3n) is 3.81. The molecule has 2 atom stereocenters. The van der Waals surface area contributed by atoms with Crippen LogP contribution in [-0.4, -0.2) is 18.3 Å². The number of benzene rings is 1. The van der Waals surface area contributed by atoms with Crippen LogP contribution < -0.4 is 10.5 Å². The molecular formula is C14H20FNO2. The van der Waals surface area contributed by atoms with Crippen LogP contribution in [0.5, 0.6) is 5.75 Å². The van der Waals surface area contributed by atoms with E-state index in [1.54, 1.807) is 12.1 Å². The molecule has 0 radical (unpaired) electrons. The van der Waals surface area contributed by atoms with Gasteiger partial charge in [0.25, 0.3) is 0 Å². The molecule has 2 rings (SSSR count). The molecule has 4 heteroatoms. The lowest BCUT2D eigenvalue weighted by atomic mass is 9.90. The van der Waals surface area contributed by atoms with Crippen LogP contribution in [0.1, 0.15) is 37.3 Å². The SMILES string of the molecule is COc1ccc(F)c([C@H](N)[C@H](O)C2CCCC2)c1. The quantitative estimate of drug-likeness (QED) is 0.866. The maximum atomic E-state index is 13.8. The van der Waals surface area contributed by atoms with E-state index in [1.165, 1.54) is 13.2 Å². The van der Waals surface area contributed by atoms with Crippen molar-refractivity contribution >= 4 is 0 Å². The van der Waals surface area contributed by atoms with Crippen LogP contribution >= 0.6 is 0 Å². The van der Waals surface area contributed by atoms with Crippen LogP contribution in [0.25, 0.3) is 0 Å². The number of aliphatic hydroxyl groups excluding tert-OH is 1. The summed E-state index contributed by atoms with van der Waals surface area (Å²) in [5, 5.41) is 10.2. The molecular weight excluding hydrogens is 233 g/mol. The molecule has 1 aromatic carbocycles. The first-order valence-electron chi connectivity index (χ1n) is 6.40. The molecule has 1 saturated carbocycles. The standard InChI is InChI=1S/C14H20FNO2/c1-18-10-6-7-12(15)11(8-10)13(16)14(17)9-4-2-3-5-9/h6-9,13-14,17H,2-5,16H2,1H3/t13-,14+/m0/s1. The van der Waals surface area contributed by atoms with Crippen molar-refractivity contribution in [2.45, 2.75) is 37.8 Å². The zero-order chi connectivity index (χ0) is 13.1. The Morgan fingerprint density at radius 2 is 2.06 bits per heavy atom. The molecule has 0 unspecified atom stereocenters. The van der Waals surface area contributed by atoms with Gasteiger partial charge in [0.2, 0.25) is 0 Å². The van der Waals surface area contributed by atoms with Crippen LogP contribution in [0.4, 0.5) is 4.39 Å². The first-order valence-corrected chi connectivity index (χ1v) is 6.40. The first-order chi connectivity index (χ1) is 8.63. The third-order valence-corrected chi connectivity index (χ3v) is 3.81. The summed E-state index contributed by atoms with van der Waals surface area (Å²) < 4.78 is 18.8. The Kier molecular flexibility index (Phi) is 4.19. The molecule has 0 bridgehead atoms. The maximum absolute atomic E-state index is 13.8. The lowest BCUT2D eigenvalue weighted by Gasteiger charge is -2.25. The minimum absolute atomic E-state index is 0.186. The Balaban J connectivity index is 2.18. The molecule has 3 N–H and O–H groups in total. The highest BCUT2D eigenvalue weighted by molar-refractivity contribution is 5.32. The van der Waals surface area contributed by atoms with E-state index in [0.29, 0.717) is 11.3 Å². The predicted molar refractivity (Wildman–Crippen MR) is 67.8 cm³/mol. The fraction of sp³-hybridized carbons (Fsp3) is 0.571. The molecule has 0 saturated heterocycles. The largest absolute Gasteiger partial charge is 0.497 e. The van der Waals surface area contributed by atoms with Gasteiger partial charge in [-0.25, -0.2) is 4.39 Å². The summed E-state index contributed by atoms with van der Waals surface area (Å²) in [5.74, 6) is 0.353. The van der Waals surface area contributed by atoms with Gasteiger partial charge in [-0.1, -0.05) is 12.8 Å². The zero-order valence-corrected chi connectivity index (χ0v) is 10.6. The molecule has 1 aliphatic rings. The van der Waals surface area contributed by atoms with Gasteiger partial charge < -0.3 is 15.6 Å². The van der Waals surface area contributed by atoms with E-state index in [4.69, 9.17) is 10.5 Å². The van der Waals surface area contributed by atoms with E-state index in [0.717, 1.165) is 25.7 Å². The monoisotopic (exact) mass is 253 g/mol. The zero-order valence-electron chi connectivity index (χ0n) is 10.6. The normalized spacial score (nSPS) is 19.8. The molecule has 0 heterocycles. The van der Waals surface area contributed by atoms with E-state index in [2.05, 4.69) is 0 Å². The smallest absolute Gasteiger partial charge is 0.128 e. The fourth-order valence-corrected chi connectivity index (χ4v) is 2.68. The van der Waals surface area contributed by atoms with Gasteiger partial charge in [-0.3, -0.25) is 0 Å². The first kappa shape index (κ1) is 13.3. The van der Waals surface area contributed by atoms with Crippen molar-refractivity contribution in [3.05, 3.63) is 29.6 Å². The number of aliphatic hydroxyl groups is 1. The van der Waals surface area contributed by atoms with E-state index >= 15 is 0 Å². The summed E-state index contributed by atoms with van der Waals surface area (Å²) in [7, 11) is 1.52. The van der Waals surface area contributed by atoms with Gasteiger partial charge in [0.1, 0.15) is 11.6 Å². The minimum atomic E-state index is -0.691. The minimum Gasteiger partial charge on any atom is -0.497 e. The van der Waals surface area contributed by atoms with Crippen LogP contribution in [0.3, 0.4) is 0 Å². The van der Waals surface area contributed by atoms with Crippen molar-refractivity contribution in [2.75, 3.05) is 7.11 Å². The van der Waals surface area contributed by atoms with Crippen LogP contribution in [0.2, 0.25) is 0 Å². The Bertz CT molecular complexity index is 405. The van der Waals surface area contributed by atoms with Gasteiger partial charge in [-0.05, 0) is 37.0 Å². The Hall–Kier alpha value is -1.13. The molecule has 18 heavy (non-hydrogen) atoms. The van der Waals surface area contributed by atoms with Gasteiger partial charge in [0, 0.05) is 5.56 Å². The number of rotatable bonds is 4. The van der Waals surface area contributed by atoms with E-state index in [9.17, 15) is 9.50 Å². The van der Waals surface area contributed by atoms with Gasteiger partial charge >= 0.3 is 0 Å². The second kappa shape index (κ2) is 5.67. The van der Waals surface area contributed by atoms with E-state index in [-0.39, 0.29) is 11.7 Å². The molecule has 0 aliphatic heterocycles. The van der Waals surface area contributed by atoms with Gasteiger partial charge in [-0.15, -0.1) is 0 Å². The molecule has 1 fully saturated rings. The van der Waals surface area contributed by atoms with Crippen LogP contribution in [-0.2, 0) is 0 Å². The lowest BCUT2D eigenvalue weighted by Crippen LogP contribution is -2.32. The third kappa shape index (κ3) is 2.65. The average molecular weight is 253 g/mol. The summed E-state index contributed by atoms with van der Waals surface area (Å²) in [4.78, 5) is 0. The summed E-state index contributed by atoms with van der Waals surface area (Å²) >= 11 is 0. The fourth-order valence-electron chi connectivity index (χ4n) is 2.68. The highest BCUT2D eigenvalue weighted by Gasteiger charge is 2.30. The molecule has 0 amide bonds. The van der Waals surface area contributed by atoms with E-state index < -0.39 is 12.1 Å². The van der Waals surface area contributed by atoms with Crippen molar-refractivity contribution in [3.63, 3.8) is 0 Å². The van der Waals surface area contributed by atoms with Crippen molar-refractivity contribution in [2.24, 2.45) is 11.7 Å². The van der Waals surface area contributed by atoms with Gasteiger partial charge in [0.15, 0.2) is 0 Å². The number of methoxy groups -OCH3 is 1. The second-order valence-electron chi connectivity index (χ2n) is 4.95. The van der Waals surface area contributed by atoms with Crippen LogP contribution in [0, 0.1) is 11.7 Å². The van der Waals surface area contributed by atoms with Crippen molar-refractivity contribution < 1.29 is 14.2 Å². The molecule has 0 aromatic heterocycles. The number of halogens is 1. The average Bonchev–Trinajstić information content (AvgIpc) is 2.91. The molecule has 100 valence electrons. The predicted octanol–water partition coefficient (Wildman–Crippen LogP) is 2.39. The van der Waals surface area contributed by atoms with Crippen LogP contribution in [0.15, 0.2) is 18.2 Å². The molecule has 0 spiro atoms.